The van der Waals surface area contributed by atoms with Crippen LogP contribution in [0.1, 0.15) is 11.4 Å². The van der Waals surface area contributed by atoms with Gasteiger partial charge in [-0.3, -0.25) is 9.36 Å². The molecule has 0 saturated carbocycles. The number of thioether (sulfide) groups is 1. The summed E-state index contributed by atoms with van der Waals surface area (Å²) in [7, 11) is 0. The van der Waals surface area contributed by atoms with Gasteiger partial charge in [0.25, 0.3) is 5.56 Å². The molecule has 0 aliphatic heterocycles. The van der Waals surface area contributed by atoms with Crippen molar-refractivity contribution in [2.45, 2.75) is 17.5 Å². The molecule has 0 aliphatic rings. The van der Waals surface area contributed by atoms with Gasteiger partial charge in [-0.05, 0) is 29.1 Å². The third kappa shape index (κ3) is 3.79. The molecule has 0 amide bonds. The summed E-state index contributed by atoms with van der Waals surface area (Å²) in [6.07, 6.45) is 0. The molecule has 3 heterocycles. The van der Waals surface area contributed by atoms with Crippen LogP contribution in [0.15, 0.2) is 82.1 Å². The summed E-state index contributed by atoms with van der Waals surface area (Å²) >= 11 is 3.16. The molecule has 0 radical (unpaired) electrons. The predicted octanol–water partition coefficient (Wildman–Crippen LogP) is 4.58. The van der Waals surface area contributed by atoms with E-state index in [0.29, 0.717) is 29.0 Å². The summed E-state index contributed by atoms with van der Waals surface area (Å²) in [4.78, 5) is 20.9. The van der Waals surface area contributed by atoms with Crippen molar-refractivity contribution >= 4 is 34.0 Å². The second-order valence-corrected chi connectivity index (χ2v) is 8.56. The highest BCUT2D eigenvalue weighted by Crippen LogP contribution is 2.29. The first-order chi connectivity index (χ1) is 14.8. The van der Waals surface area contributed by atoms with Gasteiger partial charge in [-0.15, -0.1) is 21.5 Å². The van der Waals surface area contributed by atoms with Gasteiger partial charge in [-0.2, -0.15) is 0 Å². The smallest absolute Gasteiger partial charge is 0.258 e. The number of aromatic nitrogens is 5. The quantitative estimate of drug-likeness (QED) is 0.398. The lowest BCUT2D eigenvalue weighted by molar-refractivity contribution is 0.715. The Morgan fingerprint density at radius 1 is 0.967 bits per heavy atom. The van der Waals surface area contributed by atoms with E-state index in [1.807, 2.05) is 53.9 Å². The second kappa shape index (κ2) is 8.25. The molecular weight excluding hydrogens is 414 g/mol. The zero-order chi connectivity index (χ0) is 20.3. The van der Waals surface area contributed by atoms with E-state index in [4.69, 9.17) is 0 Å². The van der Waals surface area contributed by atoms with Crippen molar-refractivity contribution in [2.75, 3.05) is 0 Å². The lowest BCUT2D eigenvalue weighted by Crippen LogP contribution is -2.11. The number of thiophene rings is 1. The van der Waals surface area contributed by atoms with Crippen LogP contribution in [0.3, 0.4) is 0 Å². The predicted molar refractivity (Wildman–Crippen MR) is 121 cm³/mol. The third-order valence-electron chi connectivity index (χ3n) is 4.64. The first kappa shape index (κ1) is 18.8. The van der Waals surface area contributed by atoms with Gasteiger partial charge in [-0.1, -0.05) is 60.3 Å². The topological polar surface area (TPSA) is 76.5 Å². The fourth-order valence-corrected chi connectivity index (χ4v) is 4.75. The summed E-state index contributed by atoms with van der Waals surface area (Å²) < 4.78 is 2.12. The molecule has 6 nitrogen and oxygen atoms in total. The van der Waals surface area contributed by atoms with Gasteiger partial charge in [0, 0.05) is 0 Å². The molecule has 0 unspecified atom stereocenters. The van der Waals surface area contributed by atoms with E-state index in [1.165, 1.54) is 17.3 Å². The van der Waals surface area contributed by atoms with Crippen LogP contribution in [-0.2, 0) is 12.3 Å². The van der Waals surface area contributed by atoms with E-state index >= 15 is 0 Å². The third-order valence-corrected chi connectivity index (χ3v) is 6.49. The van der Waals surface area contributed by atoms with Crippen LogP contribution in [-0.4, -0.2) is 24.7 Å². The number of fused-ring (bicyclic) bond motifs is 1. The summed E-state index contributed by atoms with van der Waals surface area (Å²) in [5, 5.41) is 12.3. The minimum absolute atomic E-state index is 0.124. The van der Waals surface area contributed by atoms with Crippen LogP contribution in [0.4, 0.5) is 0 Å². The monoisotopic (exact) mass is 431 g/mol. The Labute approximate surface area is 180 Å². The molecule has 1 N–H and O–H groups in total. The van der Waals surface area contributed by atoms with Crippen molar-refractivity contribution in [3.8, 4) is 10.7 Å². The Bertz CT molecular complexity index is 1340. The summed E-state index contributed by atoms with van der Waals surface area (Å²) in [6, 6.07) is 21.7. The molecule has 5 rings (SSSR count). The molecule has 30 heavy (non-hydrogen) atoms. The lowest BCUT2D eigenvalue weighted by atomic mass is 10.2. The molecular formula is C22H17N5OS2. The second-order valence-electron chi connectivity index (χ2n) is 6.67. The molecule has 0 spiro atoms. The standard InChI is InChI=1S/C22H17N5OS2/c28-21-16-9-4-5-10-17(16)23-19(24-21)14-30-22-26-25-20(18-11-6-12-29-18)27(22)13-15-7-2-1-3-8-15/h1-12H,13-14H2,(H,23,24,28). The number of rotatable bonds is 6. The Morgan fingerprint density at radius 3 is 2.63 bits per heavy atom. The van der Waals surface area contributed by atoms with Gasteiger partial charge in [0.05, 0.1) is 28.1 Å². The van der Waals surface area contributed by atoms with Crippen LogP contribution in [0.25, 0.3) is 21.6 Å². The number of H-pyrrole nitrogens is 1. The molecule has 0 saturated heterocycles. The molecule has 2 aromatic carbocycles. The Morgan fingerprint density at radius 2 is 1.80 bits per heavy atom. The average molecular weight is 432 g/mol. The minimum atomic E-state index is -0.124. The summed E-state index contributed by atoms with van der Waals surface area (Å²) in [5.74, 6) is 1.96. The number of nitrogens with one attached hydrogen (secondary N) is 1. The maximum Gasteiger partial charge on any atom is 0.258 e. The van der Waals surface area contributed by atoms with Crippen LogP contribution in [0, 0.1) is 0 Å². The van der Waals surface area contributed by atoms with Crippen molar-refractivity contribution in [1.82, 2.24) is 24.7 Å². The highest BCUT2D eigenvalue weighted by atomic mass is 32.2. The van der Waals surface area contributed by atoms with E-state index < -0.39 is 0 Å². The van der Waals surface area contributed by atoms with E-state index in [2.05, 4.69) is 36.9 Å². The Kier molecular flexibility index (Phi) is 5.17. The molecule has 5 aromatic rings. The van der Waals surface area contributed by atoms with Gasteiger partial charge >= 0.3 is 0 Å². The van der Waals surface area contributed by atoms with Crippen LogP contribution in [0.5, 0.6) is 0 Å². The highest BCUT2D eigenvalue weighted by Gasteiger charge is 2.16. The van der Waals surface area contributed by atoms with Crippen molar-refractivity contribution in [2.24, 2.45) is 0 Å². The van der Waals surface area contributed by atoms with E-state index in [-0.39, 0.29) is 5.56 Å². The maximum absolute atomic E-state index is 12.3. The molecule has 0 aliphatic carbocycles. The Hall–Kier alpha value is -3.23. The zero-order valence-corrected chi connectivity index (χ0v) is 17.5. The first-order valence-electron chi connectivity index (χ1n) is 9.40. The largest absolute Gasteiger partial charge is 0.309 e. The van der Waals surface area contributed by atoms with Gasteiger partial charge in [0.2, 0.25) is 0 Å². The number of hydrogen-bond acceptors (Lipinski definition) is 6. The van der Waals surface area contributed by atoms with Gasteiger partial charge < -0.3 is 4.98 Å². The van der Waals surface area contributed by atoms with Crippen molar-refractivity contribution in [3.63, 3.8) is 0 Å². The van der Waals surface area contributed by atoms with Gasteiger partial charge in [0.15, 0.2) is 11.0 Å². The lowest BCUT2D eigenvalue weighted by Gasteiger charge is -2.09. The number of benzene rings is 2. The number of para-hydroxylation sites is 1. The number of hydrogen-bond donors (Lipinski definition) is 1. The summed E-state index contributed by atoms with van der Waals surface area (Å²) in [6.45, 7) is 0.672. The molecule has 8 heteroatoms. The minimum Gasteiger partial charge on any atom is -0.309 e. The van der Waals surface area contributed by atoms with Crippen molar-refractivity contribution in [1.29, 1.82) is 0 Å². The summed E-state index contributed by atoms with van der Waals surface area (Å²) in [5.41, 5.74) is 1.75. The van der Waals surface area contributed by atoms with Crippen molar-refractivity contribution < 1.29 is 0 Å². The first-order valence-corrected chi connectivity index (χ1v) is 11.3. The van der Waals surface area contributed by atoms with E-state index in [0.717, 1.165) is 15.9 Å². The van der Waals surface area contributed by atoms with E-state index in [9.17, 15) is 4.79 Å². The van der Waals surface area contributed by atoms with Gasteiger partial charge in [0.1, 0.15) is 5.82 Å². The van der Waals surface area contributed by atoms with Crippen LogP contribution >= 0.6 is 23.1 Å². The SMILES string of the molecule is O=c1[nH]c(CSc2nnc(-c3cccs3)n2Cc2ccccc2)nc2ccccc12. The zero-order valence-electron chi connectivity index (χ0n) is 15.9. The van der Waals surface area contributed by atoms with Crippen LogP contribution in [0.2, 0.25) is 0 Å². The normalized spacial score (nSPS) is 11.2. The highest BCUT2D eigenvalue weighted by molar-refractivity contribution is 7.98. The van der Waals surface area contributed by atoms with Gasteiger partial charge in [-0.25, -0.2) is 4.98 Å². The molecule has 0 atom stereocenters. The van der Waals surface area contributed by atoms with Crippen molar-refractivity contribution in [3.05, 3.63) is 93.9 Å². The molecule has 3 aromatic heterocycles. The number of nitrogens with zero attached hydrogens (tertiary/aromatic N) is 4. The Balaban J connectivity index is 1.46. The molecule has 0 bridgehead atoms. The molecule has 148 valence electrons. The maximum atomic E-state index is 12.3. The van der Waals surface area contributed by atoms with E-state index in [1.54, 1.807) is 17.4 Å². The van der Waals surface area contributed by atoms with Crippen LogP contribution < -0.4 is 5.56 Å². The fourth-order valence-electron chi connectivity index (χ4n) is 3.23. The number of aromatic amines is 1. The fraction of sp³-hybridized carbons (Fsp3) is 0.0909. The molecule has 0 fully saturated rings. The average Bonchev–Trinajstić information content (AvgIpc) is 3.43.